The van der Waals surface area contributed by atoms with Crippen LogP contribution in [0.4, 0.5) is 28.6 Å². The number of rotatable bonds is 9. The Bertz CT molecular complexity index is 830. The third kappa shape index (κ3) is 9.70. The number of halogens is 4. The summed E-state index contributed by atoms with van der Waals surface area (Å²) in [6, 6.07) is 20.6. The second-order valence-electron chi connectivity index (χ2n) is 7.08. The van der Waals surface area contributed by atoms with E-state index in [0.717, 1.165) is 37.2 Å². The van der Waals surface area contributed by atoms with E-state index < -0.39 is 7.25 Å². The van der Waals surface area contributed by atoms with Gasteiger partial charge in [0.05, 0.1) is 31.1 Å². The van der Waals surface area contributed by atoms with Crippen LogP contribution in [0, 0.1) is 0 Å². The summed E-state index contributed by atoms with van der Waals surface area (Å²) in [5.74, 6) is 0. The van der Waals surface area contributed by atoms with Crippen molar-refractivity contribution < 1.29 is 26.7 Å². The SMILES string of the molecule is CCCC(CC[n+]1ccn(C)c1)ON(c1ccccc1)c1ccccc1.F[B-](F)(F)F. The highest BCUT2D eigenvalue weighted by molar-refractivity contribution is 6.50. The zero-order valence-corrected chi connectivity index (χ0v) is 17.8. The summed E-state index contributed by atoms with van der Waals surface area (Å²) in [5.41, 5.74) is 2.10. The Hall–Kier alpha value is -2.81. The summed E-state index contributed by atoms with van der Waals surface area (Å²) >= 11 is 0. The summed E-state index contributed by atoms with van der Waals surface area (Å²) in [6.07, 6.45) is 9.54. The van der Waals surface area contributed by atoms with E-state index in [9.17, 15) is 17.3 Å². The van der Waals surface area contributed by atoms with Gasteiger partial charge in [-0.1, -0.05) is 49.7 Å². The standard InChI is InChI=1S/C22H28N3O.BF4/c1-3-10-22(15-16-24-18-17-23(2)19-24)26-25(20-11-6-4-7-12-20)21-13-8-5-9-14-21;2-1(3,4)5/h4-9,11-14,17-19,22H,3,10,15-16H2,1-2H3;/q+1;-1. The summed E-state index contributed by atoms with van der Waals surface area (Å²) < 4.78 is 43.3. The fraction of sp³-hybridized carbons (Fsp3) is 0.318. The monoisotopic (exact) mass is 437 g/mol. The fourth-order valence-corrected chi connectivity index (χ4v) is 3.05. The minimum Gasteiger partial charge on any atom is -0.418 e. The summed E-state index contributed by atoms with van der Waals surface area (Å²) in [4.78, 5) is 6.50. The average Bonchev–Trinajstić information content (AvgIpc) is 3.15. The van der Waals surface area contributed by atoms with Crippen molar-refractivity contribution in [2.45, 2.75) is 38.8 Å². The van der Waals surface area contributed by atoms with Crippen LogP contribution in [0.1, 0.15) is 26.2 Å². The van der Waals surface area contributed by atoms with E-state index in [1.165, 1.54) is 0 Å². The molecular formula is C22H28BF4N3O. The molecule has 0 radical (unpaired) electrons. The first-order valence-corrected chi connectivity index (χ1v) is 10.2. The first-order valence-electron chi connectivity index (χ1n) is 10.2. The smallest absolute Gasteiger partial charge is 0.418 e. The minimum atomic E-state index is -6.00. The molecule has 0 aliphatic carbocycles. The second kappa shape index (κ2) is 12.1. The number of aromatic nitrogens is 2. The van der Waals surface area contributed by atoms with Crippen LogP contribution in [0.25, 0.3) is 0 Å². The van der Waals surface area contributed by atoms with E-state index in [0.29, 0.717) is 0 Å². The van der Waals surface area contributed by atoms with Crippen LogP contribution >= 0.6 is 0 Å². The molecular weight excluding hydrogens is 409 g/mol. The van der Waals surface area contributed by atoms with Gasteiger partial charge >= 0.3 is 7.25 Å². The molecule has 3 aromatic rings. The molecule has 9 heteroatoms. The van der Waals surface area contributed by atoms with Gasteiger partial charge in [-0.25, -0.2) is 14.2 Å². The van der Waals surface area contributed by atoms with E-state index in [2.05, 4.69) is 59.0 Å². The Balaban J connectivity index is 0.000000614. The van der Waals surface area contributed by atoms with Crippen LogP contribution in [0.15, 0.2) is 79.4 Å². The van der Waals surface area contributed by atoms with Crippen LogP contribution in [0.2, 0.25) is 0 Å². The molecule has 3 rings (SSSR count). The molecule has 0 amide bonds. The van der Waals surface area contributed by atoms with Gasteiger partial charge in [0.15, 0.2) is 0 Å². The topological polar surface area (TPSA) is 21.3 Å². The van der Waals surface area contributed by atoms with Gasteiger partial charge in [0, 0.05) is 6.42 Å². The minimum absolute atomic E-state index is 0.160. The van der Waals surface area contributed by atoms with Crippen LogP contribution in [0.3, 0.4) is 0 Å². The highest BCUT2D eigenvalue weighted by Crippen LogP contribution is 2.27. The van der Waals surface area contributed by atoms with E-state index in [4.69, 9.17) is 4.84 Å². The molecule has 0 aliphatic rings. The van der Waals surface area contributed by atoms with Crippen molar-refractivity contribution in [3.05, 3.63) is 79.4 Å². The highest BCUT2D eigenvalue weighted by Gasteiger charge is 2.20. The van der Waals surface area contributed by atoms with Crippen LogP contribution in [-0.4, -0.2) is 17.9 Å². The predicted molar refractivity (Wildman–Crippen MR) is 115 cm³/mol. The number of imidazole rings is 1. The molecule has 0 N–H and O–H groups in total. The van der Waals surface area contributed by atoms with Gasteiger partial charge in [-0.2, -0.15) is 0 Å². The average molecular weight is 437 g/mol. The number of aryl methyl sites for hydroxylation is 2. The molecule has 0 saturated carbocycles. The first kappa shape index (κ1) is 24.5. The Kier molecular flexibility index (Phi) is 9.59. The molecule has 168 valence electrons. The van der Waals surface area contributed by atoms with Crippen LogP contribution in [0.5, 0.6) is 0 Å². The molecule has 0 saturated heterocycles. The Labute approximate surface area is 180 Å². The first-order chi connectivity index (χ1) is 14.8. The zero-order chi connectivity index (χ0) is 22.7. The summed E-state index contributed by atoms with van der Waals surface area (Å²) in [5, 5.41) is 1.97. The van der Waals surface area contributed by atoms with Crippen molar-refractivity contribution in [2.24, 2.45) is 7.05 Å². The van der Waals surface area contributed by atoms with Gasteiger partial charge in [-0.3, -0.25) is 4.84 Å². The van der Waals surface area contributed by atoms with Gasteiger partial charge in [-0.05, 0) is 30.7 Å². The number of hydrogen-bond acceptors (Lipinski definition) is 2. The van der Waals surface area contributed by atoms with E-state index in [1.54, 1.807) is 0 Å². The van der Waals surface area contributed by atoms with Crippen LogP contribution in [-0.2, 0) is 18.4 Å². The predicted octanol–water partition coefficient (Wildman–Crippen LogP) is 5.94. The third-order valence-corrected chi connectivity index (χ3v) is 4.38. The molecule has 0 bridgehead atoms. The Morgan fingerprint density at radius 2 is 1.45 bits per heavy atom. The molecule has 31 heavy (non-hydrogen) atoms. The quantitative estimate of drug-likeness (QED) is 0.179. The molecule has 1 heterocycles. The van der Waals surface area contributed by atoms with E-state index >= 15 is 0 Å². The Morgan fingerprint density at radius 3 is 1.87 bits per heavy atom. The lowest BCUT2D eigenvalue weighted by Gasteiger charge is -2.29. The fourth-order valence-electron chi connectivity index (χ4n) is 3.05. The van der Waals surface area contributed by atoms with Crippen molar-refractivity contribution in [1.29, 1.82) is 0 Å². The molecule has 2 aromatic carbocycles. The maximum Gasteiger partial charge on any atom is 0.673 e. The normalized spacial score (nSPS) is 12.1. The van der Waals surface area contributed by atoms with Crippen LogP contribution < -0.4 is 9.63 Å². The lowest BCUT2D eigenvalue weighted by molar-refractivity contribution is -0.697. The Morgan fingerprint density at radius 1 is 0.935 bits per heavy atom. The maximum absolute atomic E-state index is 9.75. The number of nitrogens with zero attached hydrogens (tertiary/aromatic N) is 3. The van der Waals surface area contributed by atoms with Crippen molar-refractivity contribution >= 4 is 18.6 Å². The summed E-state index contributed by atoms with van der Waals surface area (Å²) in [6.45, 7) is 3.16. The molecule has 0 spiro atoms. The maximum atomic E-state index is 9.75. The molecule has 1 atom stereocenters. The third-order valence-electron chi connectivity index (χ3n) is 4.38. The highest BCUT2D eigenvalue weighted by atomic mass is 19.5. The molecule has 1 aromatic heterocycles. The zero-order valence-electron chi connectivity index (χ0n) is 17.8. The molecule has 0 fully saturated rings. The van der Waals surface area contributed by atoms with Crippen molar-refractivity contribution in [2.75, 3.05) is 5.06 Å². The molecule has 0 aliphatic heterocycles. The van der Waals surface area contributed by atoms with E-state index in [1.807, 2.05) is 48.5 Å². The molecule has 1 unspecified atom stereocenters. The van der Waals surface area contributed by atoms with Gasteiger partial charge < -0.3 is 17.3 Å². The second-order valence-corrected chi connectivity index (χ2v) is 7.08. The number of anilines is 2. The summed E-state index contributed by atoms with van der Waals surface area (Å²) in [7, 11) is -3.96. The molecule has 4 nitrogen and oxygen atoms in total. The van der Waals surface area contributed by atoms with Crippen molar-refractivity contribution in [3.63, 3.8) is 0 Å². The number of benzene rings is 2. The number of para-hydroxylation sites is 2. The largest absolute Gasteiger partial charge is 0.673 e. The van der Waals surface area contributed by atoms with Crippen molar-refractivity contribution in [1.82, 2.24) is 4.57 Å². The number of hydrogen-bond donors (Lipinski definition) is 0. The lowest BCUT2D eigenvalue weighted by atomic mass is 10.1. The van der Waals surface area contributed by atoms with Gasteiger partial charge in [0.1, 0.15) is 12.4 Å². The van der Waals surface area contributed by atoms with Crippen molar-refractivity contribution in [3.8, 4) is 0 Å². The van der Waals surface area contributed by atoms with E-state index in [-0.39, 0.29) is 6.10 Å². The van der Waals surface area contributed by atoms with Gasteiger partial charge in [-0.15, -0.1) is 0 Å². The lowest BCUT2D eigenvalue weighted by Crippen LogP contribution is -2.35. The van der Waals surface area contributed by atoms with Gasteiger partial charge in [0.25, 0.3) is 0 Å². The van der Waals surface area contributed by atoms with Gasteiger partial charge in [0.2, 0.25) is 6.33 Å².